The fraction of sp³-hybridized carbons (Fsp3) is 0.0769. The molecule has 0 saturated heterocycles. The molecule has 92 valence electrons. The summed E-state index contributed by atoms with van der Waals surface area (Å²) in [6.07, 6.45) is 3.23. The number of phenols is 1. The van der Waals surface area contributed by atoms with Crippen LogP contribution in [0, 0.1) is 6.92 Å². The number of anilines is 1. The maximum absolute atomic E-state index is 12.0. The van der Waals surface area contributed by atoms with Crippen LogP contribution in [0.1, 0.15) is 15.9 Å². The predicted octanol–water partition coefficient (Wildman–Crippen LogP) is 3.00. The van der Waals surface area contributed by atoms with Crippen molar-refractivity contribution in [3.05, 3.63) is 52.8 Å². The molecule has 4 nitrogen and oxygen atoms in total. The fourth-order valence-electron chi connectivity index (χ4n) is 1.44. The second-order valence-corrected chi connectivity index (χ2v) is 4.22. The topological polar surface area (TPSA) is 62.2 Å². The van der Waals surface area contributed by atoms with Gasteiger partial charge in [0.2, 0.25) is 0 Å². The first-order chi connectivity index (χ1) is 8.58. The molecule has 5 heteroatoms. The van der Waals surface area contributed by atoms with E-state index in [0.717, 1.165) is 5.56 Å². The smallest absolute Gasteiger partial charge is 0.255 e. The molecule has 1 aromatic heterocycles. The number of nitrogens with one attached hydrogen (secondary N) is 1. The molecule has 0 aliphatic carbocycles. The van der Waals surface area contributed by atoms with Crippen LogP contribution in [0.3, 0.4) is 0 Å². The number of pyridine rings is 1. The number of rotatable bonds is 2. The van der Waals surface area contributed by atoms with Gasteiger partial charge in [0.1, 0.15) is 5.75 Å². The molecule has 2 rings (SSSR count). The van der Waals surface area contributed by atoms with Crippen molar-refractivity contribution in [1.29, 1.82) is 0 Å². The second kappa shape index (κ2) is 5.06. The first-order valence-electron chi connectivity index (χ1n) is 5.28. The van der Waals surface area contributed by atoms with E-state index in [0.29, 0.717) is 11.3 Å². The van der Waals surface area contributed by atoms with E-state index < -0.39 is 0 Å². The molecule has 1 heterocycles. The van der Waals surface area contributed by atoms with Gasteiger partial charge in [0.05, 0.1) is 16.9 Å². The van der Waals surface area contributed by atoms with Gasteiger partial charge in [0.15, 0.2) is 0 Å². The number of halogens is 1. The lowest BCUT2D eigenvalue weighted by Crippen LogP contribution is -2.12. The van der Waals surface area contributed by atoms with Crippen molar-refractivity contribution in [3.63, 3.8) is 0 Å². The van der Waals surface area contributed by atoms with Gasteiger partial charge >= 0.3 is 0 Å². The lowest BCUT2D eigenvalue weighted by molar-refractivity contribution is 0.102. The number of nitrogens with zero attached hydrogens (tertiary/aromatic N) is 1. The highest BCUT2D eigenvalue weighted by Crippen LogP contribution is 2.24. The van der Waals surface area contributed by atoms with Crippen LogP contribution < -0.4 is 5.32 Å². The third-order valence-corrected chi connectivity index (χ3v) is 2.80. The Labute approximate surface area is 109 Å². The number of aromatic hydroxyl groups is 1. The molecule has 0 saturated carbocycles. The maximum Gasteiger partial charge on any atom is 0.255 e. The highest BCUT2D eigenvalue weighted by atomic mass is 35.5. The van der Waals surface area contributed by atoms with Gasteiger partial charge in [0.25, 0.3) is 5.91 Å². The van der Waals surface area contributed by atoms with E-state index in [2.05, 4.69) is 10.3 Å². The molecule has 1 amide bonds. The summed E-state index contributed by atoms with van der Waals surface area (Å²) in [6.45, 7) is 1.88. The normalized spacial score (nSPS) is 10.1. The van der Waals surface area contributed by atoms with Gasteiger partial charge in [-0.3, -0.25) is 9.78 Å². The van der Waals surface area contributed by atoms with Gasteiger partial charge in [-0.25, -0.2) is 0 Å². The molecule has 0 fully saturated rings. The van der Waals surface area contributed by atoms with Crippen molar-refractivity contribution in [3.8, 4) is 5.75 Å². The van der Waals surface area contributed by atoms with Gasteiger partial charge < -0.3 is 10.4 Å². The number of hydrogen-bond acceptors (Lipinski definition) is 3. The minimum absolute atomic E-state index is 0.0502. The molecular weight excluding hydrogens is 252 g/mol. The van der Waals surface area contributed by atoms with Gasteiger partial charge in [-0.05, 0) is 36.8 Å². The lowest BCUT2D eigenvalue weighted by atomic mass is 10.2. The van der Waals surface area contributed by atoms with Crippen molar-refractivity contribution in [1.82, 2.24) is 4.98 Å². The molecular formula is C13H11ClN2O2. The molecule has 2 N–H and O–H groups in total. The molecule has 0 radical (unpaired) electrons. The van der Waals surface area contributed by atoms with Crippen LogP contribution >= 0.6 is 11.6 Å². The highest BCUT2D eigenvalue weighted by Gasteiger charge is 2.09. The summed E-state index contributed by atoms with van der Waals surface area (Å²) in [5.74, 6) is -0.348. The van der Waals surface area contributed by atoms with E-state index in [1.165, 1.54) is 18.2 Å². The summed E-state index contributed by atoms with van der Waals surface area (Å²) in [4.78, 5) is 15.9. The van der Waals surface area contributed by atoms with Gasteiger partial charge in [-0.1, -0.05) is 11.6 Å². The summed E-state index contributed by atoms with van der Waals surface area (Å²) in [5, 5.41) is 12.2. The van der Waals surface area contributed by atoms with Gasteiger partial charge in [0, 0.05) is 11.8 Å². The summed E-state index contributed by atoms with van der Waals surface area (Å²) >= 11 is 5.75. The van der Waals surface area contributed by atoms with Crippen molar-refractivity contribution in [2.45, 2.75) is 6.92 Å². The predicted molar refractivity (Wildman–Crippen MR) is 70.0 cm³/mol. The Morgan fingerprint density at radius 1 is 1.39 bits per heavy atom. The Balaban J connectivity index is 2.22. The molecule has 1 aromatic carbocycles. The van der Waals surface area contributed by atoms with Gasteiger partial charge in [-0.2, -0.15) is 0 Å². The molecule has 0 aliphatic rings. The maximum atomic E-state index is 12.0. The Kier molecular flexibility index (Phi) is 3.48. The molecule has 0 unspecified atom stereocenters. The molecule has 0 bridgehead atoms. The monoisotopic (exact) mass is 262 g/mol. The third kappa shape index (κ3) is 2.60. The minimum Gasteiger partial charge on any atom is -0.506 e. The number of carbonyl (C=O) groups excluding carboxylic acids is 1. The number of amides is 1. The van der Waals surface area contributed by atoms with Crippen LogP contribution in [0.4, 0.5) is 5.69 Å². The second-order valence-electron chi connectivity index (χ2n) is 3.81. The van der Waals surface area contributed by atoms with Crippen LogP contribution in [-0.2, 0) is 0 Å². The Morgan fingerprint density at radius 3 is 2.83 bits per heavy atom. The molecule has 0 aliphatic heterocycles. The number of carbonyl (C=O) groups is 1. The standard InChI is InChI=1S/C13H11ClN2O2/c1-8-4-5-15-7-11(8)16-13(18)9-2-3-12(17)10(14)6-9/h2-7,17H,1H3,(H,16,18). The summed E-state index contributed by atoms with van der Waals surface area (Å²) in [5.41, 5.74) is 1.94. The first-order valence-corrected chi connectivity index (χ1v) is 5.66. The van der Waals surface area contributed by atoms with E-state index in [9.17, 15) is 9.90 Å². The zero-order valence-corrected chi connectivity index (χ0v) is 10.4. The average molecular weight is 263 g/mol. The molecule has 0 spiro atoms. The van der Waals surface area contributed by atoms with Crippen molar-refractivity contribution in [2.24, 2.45) is 0 Å². The van der Waals surface area contributed by atoms with Crippen LogP contribution in [0.5, 0.6) is 5.75 Å². The Hall–Kier alpha value is -2.07. The molecule has 18 heavy (non-hydrogen) atoms. The van der Waals surface area contributed by atoms with Crippen molar-refractivity contribution >= 4 is 23.2 Å². The Morgan fingerprint density at radius 2 is 2.17 bits per heavy atom. The van der Waals surface area contributed by atoms with Crippen molar-refractivity contribution in [2.75, 3.05) is 5.32 Å². The quantitative estimate of drug-likeness (QED) is 0.875. The number of hydrogen-bond donors (Lipinski definition) is 2. The lowest BCUT2D eigenvalue weighted by Gasteiger charge is -2.08. The van der Waals surface area contributed by atoms with E-state index in [4.69, 9.17) is 11.6 Å². The van der Waals surface area contributed by atoms with E-state index in [-0.39, 0.29) is 16.7 Å². The third-order valence-electron chi connectivity index (χ3n) is 2.50. The summed E-state index contributed by atoms with van der Waals surface area (Å²) < 4.78 is 0. The SMILES string of the molecule is Cc1ccncc1NC(=O)c1ccc(O)c(Cl)c1. The van der Waals surface area contributed by atoms with Gasteiger partial charge in [-0.15, -0.1) is 0 Å². The minimum atomic E-state index is -0.298. The van der Waals surface area contributed by atoms with Crippen LogP contribution in [0.25, 0.3) is 0 Å². The highest BCUT2D eigenvalue weighted by molar-refractivity contribution is 6.32. The zero-order chi connectivity index (χ0) is 13.1. The first kappa shape index (κ1) is 12.4. The zero-order valence-electron chi connectivity index (χ0n) is 9.64. The average Bonchev–Trinajstić information content (AvgIpc) is 2.35. The fourth-order valence-corrected chi connectivity index (χ4v) is 1.62. The number of aryl methyl sites for hydroxylation is 1. The largest absolute Gasteiger partial charge is 0.506 e. The van der Waals surface area contributed by atoms with Crippen molar-refractivity contribution < 1.29 is 9.90 Å². The van der Waals surface area contributed by atoms with E-state index in [1.807, 2.05) is 6.92 Å². The van der Waals surface area contributed by atoms with Crippen LogP contribution in [0.15, 0.2) is 36.7 Å². The number of benzene rings is 1. The van der Waals surface area contributed by atoms with Crippen LogP contribution in [0.2, 0.25) is 5.02 Å². The summed E-state index contributed by atoms with van der Waals surface area (Å²) in [7, 11) is 0. The van der Waals surface area contributed by atoms with E-state index in [1.54, 1.807) is 18.5 Å². The molecule has 2 aromatic rings. The number of phenolic OH excluding ortho intramolecular Hbond substituents is 1. The van der Waals surface area contributed by atoms with E-state index >= 15 is 0 Å². The Bertz CT molecular complexity index is 599. The number of aromatic nitrogens is 1. The van der Waals surface area contributed by atoms with Crippen LogP contribution in [-0.4, -0.2) is 16.0 Å². The molecule has 0 atom stereocenters. The summed E-state index contributed by atoms with van der Waals surface area (Å²) in [6, 6.07) is 6.10.